The second kappa shape index (κ2) is 8.61. The molecule has 0 saturated carbocycles. The first-order chi connectivity index (χ1) is 12.0. The van der Waals surface area contributed by atoms with E-state index in [0.29, 0.717) is 18.7 Å². The molecule has 0 aliphatic rings. The van der Waals surface area contributed by atoms with Gasteiger partial charge >= 0.3 is 5.97 Å². The van der Waals surface area contributed by atoms with E-state index in [1.54, 1.807) is 20.8 Å². The zero-order chi connectivity index (χ0) is 20.1. The monoisotopic (exact) mass is 386 g/mol. The highest BCUT2D eigenvalue weighted by Crippen LogP contribution is 2.20. The Bertz CT molecular complexity index is 773. The molecule has 8 nitrogen and oxygen atoms in total. The predicted octanol–water partition coefficient (Wildman–Crippen LogP) is 1.25. The van der Waals surface area contributed by atoms with Crippen LogP contribution >= 0.6 is 0 Å². The zero-order valence-corrected chi connectivity index (χ0v) is 16.5. The molecule has 0 aliphatic heterocycles. The lowest BCUT2D eigenvalue weighted by atomic mass is 10.0. The van der Waals surface area contributed by atoms with Crippen LogP contribution in [0.1, 0.15) is 36.7 Å². The van der Waals surface area contributed by atoms with E-state index in [9.17, 15) is 23.1 Å². The Labute approximate surface area is 154 Å². The van der Waals surface area contributed by atoms with E-state index in [1.165, 1.54) is 36.5 Å². The van der Waals surface area contributed by atoms with Crippen molar-refractivity contribution >= 4 is 21.9 Å². The van der Waals surface area contributed by atoms with Crippen molar-refractivity contribution < 1.29 is 27.9 Å². The van der Waals surface area contributed by atoms with Gasteiger partial charge in [-0.15, -0.1) is 0 Å². The number of carbonyl (C=O) groups is 2. The first-order valence-electron chi connectivity index (χ1n) is 8.19. The summed E-state index contributed by atoms with van der Waals surface area (Å²) in [6, 6.07) is 4.23. The molecule has 146 valence electrons. The average molecular weight is 386 g/mol. The quantitative estimate of drug-likeness (QED) is 0.660. The van der Waals surface area contributed by atoms with E-state index in [-0.39, 0.29) is 17.1 Å². The van der Waals surface area contributed by atoms with Crippen molar-refractivity contribution in [3.05, 3.63) is 29.3 Å². The maximum Gasteiger partial charge on any atom is 0.331 e. The number of nitrogens with one attached hydrogen (secondary N) is 1. The maximum atomic E-state index is 12.7. The minimum absolute atomic E-state index is 0.0132. The van der Waals surface area contributed by atoms with E-state index < -0.39 is 27.4 Å². The van der Waals surface area contributed by atoms with Gasteiger partial charge in [-0.05, 0) is 31.5 Å². The number of aryl methyl sites for hydroxylation is 1. The topological polar surface area (TPSA) is 113 Å². The number of benzene rings is 1. The minimum atomic E-state index is -3.73. The molecule has 0 aromatic heterocycles. The fourth-order valence-electron chi connectivity index (χ4n) is 2.48. The normalized spacial score (nSPS) is 14.1. The van der Waals surface area contributed by atoms with Crippen LogP contribution in [0.5, 0.6) is 0 Å². The Hall–Kier alpha value is -1.97. The summed E-state index contributed by atoms with van der Waals surface area (Å²) in [7, 11) is -2.40. The van der Waals surface area contributed by atoms with Crippen LogP contribution in [0, 0.1) is 6.92 Å². The summed E-state index contributed by atoms with van der Waals surface area (Å²) in [6.45, 7) is 6.81. The van der Waals surface area contributed by atoms with Gasteiger partial charge < -0.3 is 15.2 Å². The number of nitrogens with zero attached hydrogens (tertiary/aromatic N) is 1. The summed E-state index contributed by atoms with van der Waals surface area (Å²) in [5.74, 6) is -1.93. The molecular weight excluding hydrogens is 360 g/mol. The predicted molar refractivity (Wildman–Crippen MR) is 96.7 cm³/mol. The Kier molecular flexibility index (Phi) is 7.31. The fourth-order valence-corrected chi connectivity index (χ4v) is 3.96. The number of amides is 1. The molecule has 1 amide bonds. The number of carboxylic acid groups (broad SMARTS) is 1. The Morgan fingerprint density at radius 3 is 2.31 bits per heavy atom. The standard InChI is InChI=1S/C17H26N2O6S/c1-6-19(7-2)26(23,24)13-9-8-12(3)14(10-13)15(20)18-17(4,11-25-5)16(21)22/h8-10H,6-7,11H2,1-5H3,(H,18,20)(H,21,22). The molecule has 1 rings (SSSR count). The van der Waals surface area contributed by atoms with Gasteiger partial charge in [-0.2, -0.15) is 4.31 Å². The molecule has 0 fully saturated rings. The molecule has 0 bridgehead atoms. The van der Waals surface area contributed by atoms with Crippen molar-refractivity contribution in [1.82, 2.24) is 9.62 Å². The molecule has 0 radical (unpaired) electrons. The highest BCUT2D eigenvalue weighted by molar-refractivity contribution is 7.89. The van der Waals surface area contributed by atoms with Gasteiger partial charge in [0.25, 0.3) is 5.91 Å². The largest absolute Gasteiger partial charge is 0.479 e. The number of ether oxygens (including phenoxy) is 1. The van der Waals surface area contributed by atoms with Crippen LogP contribution in [0.3, 0.4) is 0 Å². The van der Waals surface area contributed by atoms with Gasteiger partial charge in [-0.1, -0.05) is 19.9 Å². The van der Waals surface area contributed by atoms with Gasteiger partial charge in [0.15, 0.2) is 5.54 Å². The molecule has 0 heterocycles. The average Bonchev–Trinajstić information content (AvgIpc) is 2.55. The first-order valence-corrected chi connectivity index (χ1v) is 9.63. The summed E-state index contributed by atoms with van der Waals surface area (Å²) >= 11 is 0. The summed E-state index contributed by atoms with van der Waals surface area (Å²) in [6.07, 6.45) is 0. The zero-order valence-electron chi connectivity index (χ0n) is 15.7. The number of sulfonamides is 1. The van der Waals surface area contributed by atoms with Crippen LogP contribution in [0.4, 0.5) is 0 Å². The van der Waals surface area contributed by atoms with Crippen molar-refractivity contribution in [3.8, 4) is 0 Å². The lowest BCUT2D eigenvalue weighted by molar-refractivity contribution is -0.145. The van der Waals surface area contributed by atoms with Crippen molar-refractivity contribution in [2.75, 3.05) is 26.8 Å². The molecule has 2 N–H and O–H groups in total. The van der Waals surface area contributed by atoms with Crippen molar-refractivity contribution in [3.63, 3.8) is 0 Å². The van der Waals surface area contributed by atoms with Gasteiger partial charge in [0.05, 0.1) is 11.5 Å². The molecule has 26 heavy (non-hydrogen) atoms. The van der Waals surface area contributed by atoms with Crippen LogP contribution < -0.4 is 5.32 Å². The van der Waals surface area contributed by atoms with E-state index >= 15 is 0 Å². The molecule has 1 atom stereocenters. The van der Waals surface area contributed by atoms with Crippen molar-refractivity contribution in [1.29, 1.82) is 0 Å². The summed E-state index contributed by atoms with van der Waals surface area (Å²) in [5, 5.41) is 11.8. The lowest BCUT2D eigenvalue weighted by Gasteiger charge is -2.26. The SMILES string of the molecule is CCN(CC)S(=O)(=O)c1ccc(C)c(C(=O)NC(C)(COC)C(=O)O)c1. The minimum Gasteiger partial charge on any atom is -0.479 e. The Morgan fingerprint density at radius 1 is 1.27 bits per heavy atom. The van der Waals surface area contributed by atoms with Gasteiger partial charge in [0.2, 0.25) is 10.0 Å². The molecule has 0 aliphatic carbocycles. The third kappa shape index (κ3) is 4.60. The fraction of sp³-hybridized carbons (Fsp3) is 0.529. The lowest BCUT2D eigenvalue weighted by Crippen LogP contribution is -2.55. The highest BCUT2D eigenvalue weighted by Gasteiger charge is 2.36. The smallest absolute Gasteiger partial charge is 0.331 e. The number of rotatable bonds is 9. The highest BCUT2D eigenvalue weighted by atomic mass is 32.2. The first kappa shape index (κ1) is 22.1. The van der Waals surface area contributed by atoms with Gasteiger partial charge in [0, 0.05) is 25.8 Å². The Morgan fingerprint density at radius 2 is 1.85 bits per heavy atom. The summed E-state index contributed by atoms with van der Waals surface area (Å²) in [5.41, 5.74) is -1.00. The summed E-state index contributed by atoms with van der Waals surface area (Å²) < 4.78 is 31.5. The maximum absolute atomic E-state index is 12.7. The van der Waals surface area contributed by atoms with E-state index in [0.717, 1.165) is 0 Å². The van der Waals surface area contributed by atoms with Crippen LogP contribution in [-0.2, 0) is 19.6 Å². The molecule has 0 spiro atoms. The van der Waals surface area contributed by atoms with Crippen LogP contribution in [0.25, 0.3) is 0 Å². The van der Waals surface area contributed by atoms with Crippen LogP contribution in [0.2, 0.25) is 0 Å². The Balaban J connectivity index is 3.30. The van der Waals surface area contributed by atoms with Crippen LogP contribution in [-0.4, -0.2) is 62.1 Å². The summed E-state index contributed by atoms with van der Waals surface area (Å²) in [4.78, 5) is 24.1. The molecule has 9 heteroatoms. The van der Waals surface area contributed by atoms with Crippen molar-refractivity contribution in [2.45, 2.75) is 38.1 Å². The van der Waals surface area contributed by atoms with Crippen molar-refractivity contribution in [2.24, 2.45) is 0 Å². The number of hydrogen-bond acceptors (Lipinski definition) is 5. The molecule has 1 unspecified atom stereocenters. The number of carbonyl (C=O) groups excluding carboxylic acids is 1. The number of carboxylic acids is 1. The molecule has 1 aromatic carbocycles. The number of aliphatic carboxylic acids is 1. The number of hydrogen-bond donors (Lipinski definition) is 2. The van der Waals surface area contributed by atoms with Gasteiger partial charge in [-0.3, -0.25) is 4.79 Å². The van der Waals surface area contributed by atoms with E-state index in [4.69, 9.17) is 4.74 Å². The van der Waals surface area contributed by atoms with E-state index in [2.05, 4.69) is 5.32 Å². The van der Waals surface area contributed by atoms with Gasteiger partial charge in [-0.25, -0.2) is 13.2 Å². The van der Waals surface area contributed by atoms with E-state index in [1.807, 2.05) is 0 Å². The third-order valence-corrected chi connectivity index (χ3v) is 6.14. The molecular formula is C17H26N2O6S. The third-order valence-electron chi connectivity index (χ3n) is 4.09. The van der Waals surface area contributed by atoms with Gasteiger partial charge in [0.1, 0.15) is 0 Å². The second-order valence-electron chi connectivity index (χ2n) is 6.09. The molecule has 1 aromatic rings. The second-order valence-corrected chi connectivity index (χ2v) is 8.03. The number of methoxy groups -OCH3 is 1. The van der Waals surface area contributed by atoms with Crippen LogP contribution in [0.15, 0.2) is 23.1 Å². The molecule has 0 saturated heterocycles.